The smallest absolute Gasteiger partial charge is 0.224 e. The summed E-state index contributed by atoms with van der Waals surface area (Å²) >= 11 is 3.45. The lowest BCUT2D eigenvalue weighted by molar-refractivity contribution is 0.948. The van der Waals surface area contributed by atoms with Gasteiger partial charge in [-0.3, -0.25) is 4.98 Å². The maximum atomic E-state index is 4.44. The van der Waals surface area contributed by atoms with E-state index in [1.165, 1.54) is 0 Å². The molecule has 0 spiro atoms. The Morgan fingerprint density at radius 1 is 1.15 bits per heavy atom. The lowest BCUT2D eigenvalue weighted by Crippen LogP contribution is -2.08. The van der Waals surface area contributed by atoms with Crippen LogP contribution in [0.15, 0.2) is 29.0 Å². The molecule has 20 heavy (non-hydrogen) atoms. The summed E-state index contributed by atoms with van der Waals surface area (Å²) in [7, 11) is 0. The number of anilines is 2. The molecule has 0 atom stereocenters. The van der Waals surface area contributed by atoms with E-state index >= 15 is 0 Å². The van der Waals surface area contributed by atoms with Gasteiger partial charge in [-0.05, 0) is 40.9 Å². The van der Waals surface area contributed by atoms with Gasteiger partial charge in [0.15, 0.2) is 0 Å². The van der Waals surface area contributed by atoms with Gasteiger partial charge in [0.1, 0.15) is 5.82 Å². The second-order valence-electron chi connectivity index (χ2n) is 4.48. The molecule has 0 saturated carbocycles. The molecule has 2 aromatic rings. The minimum Gasteiger partial charge on any atom is -0.365 e. The number of nitrogens with one attached hydrogen (secondary N) is 2. The van der Waals surface area contributed by atoms with Crippen molar-refractivity contribution < 1.29 is 0 Å². The molecular weight excluding hydrogens is 318 g/mol. The van der Waals surface area contributed by atoms with Gasteiger partial charge >= 0.3 is 0 Å². The molecule has 0 radical (unpaired) electrons. The SMILES string of the molecule is CCCNc1ncc(Br)c(NCc2ccc(C)nc2)n1. The number of halogens is 1. The molecule has 0 aliphatic heterocycles. The minimum absolute atomic E-state index is 0.639. The second kappa shape index (κ2) is 7.19. The van der Waals surface area contributed by atoms with Crippen LogP contribution in [0.5, 0.6) is 0 Å². The number of hydrogen-bond acceptors (Lipinski definition) is 5. The normalized spacial score (nSPS) is 10.3. The summed E-state index contributed by atoms with van der Waals surface area (Å²) in [5, 5.41) is 6.46. The van der Waals surface area contributed by atoms with E-state index in [1.807, 2.05) is 19.2 Å². The molecule has 2 heterocycles. The zero-order chi connectivity index (χ0) is 14.4. The molecule has 0 bridgehead atoms. The highest BCUT2D eigenvalue weighted by molar-refractivity contribution is 9.10. The van der Waals surface area contributed by atoms with Crippen LogP contribution in [0.3, 0.4) is 0 Å². The molecule has 0 aliphatic carbocycles. The molecule has 2 aromatic heterocycles. The summed E-state index contributed by atoms with van der Waals surface area (Å²) in [5.41, 5.74) is 2.13. The highest BCUT2D eigenvalue weighted by atomic mass is 79.9. The third kappa shape index (κ3) is 4.16. The summed E-state index contributed by atoms with van der Waals surface area (Å²) < 4.78 is 0.847. The number of hydrogen-bond donors (Lipinski definition) is 2. The van der Waals surface area contributed by atoms with E-state index in [0.717, 1.165) is 34.5 Å². The van der Waals surface area contributed by atoms with Gasteiger partial charge in [-0.25, -0.2) is 4.98 Å². The van der Waals surface area contributed by atoms with E-state index in [-0.39, 0.29) is 0 Å². The van der Waals surface area contributed by atoms with Gasteiger partial charge in [0.05, 0.1) is 4.47 Å². The summed E-state index contributed by atoms with van der Waals surface area (Å²) in [6, 6.07) is 4.06. The Morgan fingerprint density at radius 3 is 2.70 bits per heavy atom. The Kier molecular flexibility index (Phi) is 5.29. The lowest BCUT2D eigenvalue weighted by Gasteiger charge is -2.10. The fourth-order valence-corrected chi connectivity index (χ4v) is 1.93. The van der Waals surface area contributed by atoms with Crippen molar-refractivity contribution in [1.82, 2.24) is 15.0 Å². The molecule has 0 aromatic carbocycles. The van der Waals surface area contributed by atoms with Crippen molar-refractivity contribution in [2.45, 2.75) is 26.8 Å². The molecular formula is C14H18BrN5. The molecule has 0 amide bonds. The largest absolute Gasteiger partial charge is 0.365 e. The van der Waals surface area contributed by atoms with Gasteiger partial charge in [-0.2, -0.15) is 4.98 Å². The summed E-state index contributed by atoms with van der Waals surface area (Å²) in [6.45, 7) is 5.62. The van der Waals surface area contributed by atoms with E-state index < -0.39 is 0 Å². The van der Waals surface area contributed by atoms with Crippen molar-refractivity contribution in [3.05, 3.63) is 40.3 Å². The van der Waals surface area contributed by atoms with E-state index in [9.17, 15) is 0 Å². The van der Waals surface area contributed by atoms with Gasteiger partial charge in [0.2, 0.25) is 5.95 Å². The first kappa shape index (κ1) is 14.7. The molecule has 106 valence electrons. The molecule has 2 rings (SSSR count). The number of rotatable bonds is 6. The fourth-order valence-electron chi connectivity index (χ4n) is 1.60. The van der Waals surface area contributed by atoms with Crippen LogP contribution in [0.2, 0.25) is 0 Å². The van der Waals surface area contributed by atoms with Crippen LogP contribution >= 0.6 is 15.9 Å². The van der Waals surface area contributed by atoms with Gasteiger partial charge in [-0.1, -0.05) is 13.0 Å². The first-order chi connectivity index (χ1) is 9.69. The van der Waals surface area contributed by atoms with Crippen LogP contribution in [0.1, 0.15) is 24.6 Å². The monoisotopic (exact) mass is 335 g/mol. The highest BCUT2D eigenvalue weighted by Gasteiger charge is 2.04. The maximum Gasteiger partial charge on any atom is 0.224 e. The third-order valence-electron chi connectivity index (χ3n) is 2.71. The Bertz CT molecular complexity index is 556. The van der Waals surface area contributed by atoms with Gasteiger partial charge in [0.25, 0.3) is 0 Å². The van der Waals surface area contributed by atoms with Crippen LogP contribution in [0, 0.1) is 6.92 Å². The predicted molar refractivity (Wildman–Crippen MR) is 84.8 cm³/mol. The van der Waals surface area contributed by atoms with Crippen molar-refractivity contribution in [3.63, 3.8) is 0 Å². The highest BCUT2D eigenvalue weighted by Crippen LogP contribution is 2.20. The number of aryl methyl sites for hydroxylation is 1. The van der Waals surface area contributed by atoms with E-state index in [0.29, 0.717) is 12.5 Å². The molecule has 6 heteroatoms. The average molecular weight is 336 g/mol. The maximum absolute atomic E-state index is 4.44. The summed E-state index contributed by atoms with van der Waals surface area (Å²) in [4.78, 5) is 12.9. The third-order valence-corrected chi connectivity index (χ3v) is 3.29. The van der Waals surface area contributed by atoms with Crippen molar-refractivity contribution >= 4 is 27.7 Å². The quantitative estimate of drug-likeness (QED) is 0.847. The van der Waals surface area contributed by atoms with E-state index in [2.05, 4.69) is 54.5 Å². The molecule has 5 nitrogen and oxygen atoms in total. The molecule has 0 saturated heterocycles. The molecule has 0 unspecified atom stereocenters. The van der Waals surface area contributed by atoms with E-state index in [1.54, 1.807) is 6.20 Å². The predicted octanol–water partition coefficient (Wildman–Crippen LogP) is 3.38. The molecule has 2 N–H and O–H groups in total. The van der Waals surface area contributed by atoms with Crippen LogP contribution in [0.25, 0.3) is 0 Å². The topological polar surface area (TPSA) is 62.7 Å². The second-order valence-corrected chi connectivity index (χ2v) is 5.33. The first-order valence-corrected chi connectivity index (χ1v) is 7.40. The fraction of sp³-hybridized carbons (Fsp3) is 0.357. The summed E-state index contributed by atoms with van der Waals surface area (Å²) in [6.07, 6.45) is 4.66. The number of pyridine rings is 1. The standard InChI is InChI=1S/C14H18BrN5/c1-3-6-16-14-19-9-12(15)13(20-14)18-8-11-5-4-10(2)17-7-11/h4-5,7,9H,3,6,8H2,1-2H3,(H2,16,18,19,20). The lowest BCUT2D eigenvalue weighted by atomic mass is 10.2. The van der Waals surface area contributed by atoms with Gasteiger partial charge in [-0.15, -0.1) is 0 Å². The van der Waals surface area contributed by atoms with Crippen LogP contribution in [0.4, 0.5) is 11.8 Å². The minimum atomic E-state index is 0.639. The Balaban J connectivity index is 2.02. The Hall–Kier alpha value is -1.69. The molecule has 0 aliphatic rings. The number of aromatic nitrogens is 3. The van der Waals surface area contributed by atoms with Gasteiger partial charge < -0.3 is 10.6 Å². The average Bonchev–Trinajstić information content (AvgIpc) is 2.46. The van der Waals surface area contributed by atoms with Gasteiger partial charge in [0, 0.05) is 31.2 Å². The Labute approximate surface area is 127 Å². The number of nitrogens with zero attached hydrogens (tertiary/aromatic N) is 3. The Morgan fingerprint density at radius 2 is 2.00 bits per heavy atom. The zero-order valence-electron chi connectivity index (χ0n) is 11.7. The van der Waals surface area contributed by atoms with Crippen molar-refractivity contribution in [1.29, 1.82) is 0 Å². The van der Waals surface area contributed by atoms with Crippen molar-refractivity contribution in [3.8, 4) is 0 Å². The first-order valence-electron chi connectivity index (χ1n) is 6.61. The van der Waals surface area contributed by atoms with Crippen LogP contribution in [-0.4, -0.2) is 21.5 Å². The van der Waals surface area contributed by atoms with Crippen molar-refractivity contribution in [2.24, 2.45) is 0 Å². The molecule has 0 fully saturated rings. The van der Waals surface area contributed by atoms with Crippen LogP contribution < -0.4 is 10.6 Å². The van der Waals surface area contributed by atoms with Crippen molar-refractivity contribution in [2.75, 3.05) is 17.2 Å². The van der Waals surface area contributed by atoms with E-state index in [4.69, 9.17) is 0 Å². The van der Waals surface area contributed by atoms with Crippen LogP contribution in [-0.2, 0) is 6.54 Å². The summed E-state index contributed by atoms with van der Waals surface area (Å²) in [5.74, 6) is 1.42. The zero-order valence-corrected chi connectivity index (χ0v) is 13.2.